The van der Waals surface area contributed by atoms with E-state index in [2.05, 4.69) is 10.9 Å². The maximum atomic E-state index is 15.0. The molecule has 2 aromatic rings. The van der Waals surface area contributed by atoms with Gasteiger partial charge in [-0.3, -0.25) is 29.5 Å². The minimum atomic E-state index is -1.47. The number of anilines is 1. The van der Waals surface area contributed by atoms with E-state index in [1.165, 1.54) is 13.0 Å². The smallest absolute Gasteiger partial charge is 0.253 e. The summed E-state index contributed by atoms with van der Waals surface area (Å²) in [5, 5.41) is 0.507. The number of hydrogen-bond donors (Lipinski definition) is 2. The molecule has 12 heteroatoms. The predicted molar refractivity (Wildman–Crippen MR) is 149 cm³/mol. The average molecular weight is 591 g/mol. The van der Waals surface area contributed by atoms with Crippen LogP contribution in [0.3, 0.4) is 0 Å². The Labute approximate surface area is 239 Å². The molecular formula is C28H32ClFN4O5S. The van der Waals surface area contributed by atoms with Gasteiger partial charge in [0.2, 0.25) is 11.8 Å². The number of carbonyl (C=O) groups is 3. The summed E-state index contributed by atoms with van der Waals surface area (Å²) >= 11 is 6.13. The van der Waals surface area contributed by atoms with Crippen LogP contribution < -0.4 is 15.2 Å². The van der Waals surface area contributed by atoms with Gasteiger partial charge in [-0.1, -0.05) is 35.9 Å². The maximum absolute atomic E-state index is 15.0. The zero-order chi connectivity index (χ0) is 28.4. The van der Waals surface area contributed by atoms with Crippen LogP contribution in [0, 0.1) is 11.7 Å². The quantitative estimate of drug-likeness (QED) is 0.412. The molecule has 1 heterocycles. The molecule has 1 saturated heterocycles. The molecule has 9 nitrogen and oxygen atoms in total. The van der Waals surface area contributed by atoms with Gasteiger partial charge in [-0.2, -0.15) is 0 Å². The molecule has 4 unspecified atom stereocenters. The molecule has 3 fully saturated rings. The summed E-state index contributed by atoms with van der Waals surface area (Å²) in [6.07, 6.45) is 2.00. The Kier molecular flexibility index (Phi) is 8.72. The second-order valence-electron chi connectivity index (χ2n) is 10.5. The van der Waals surface area contributed by atoms with Gasteiger partial charge >= 0.3 is 0 Å². The number of halogens is 2. The molecule has 0 bridgehead atoms. The minimum Gasteiger partial charge on any atom is -0.365 e. The molecule has 40 heavy (non-hydrogen) atoms. The Bertz CT molecular complexity index is 1290. The van der Waals surface area contributed by atoms with Gasteiger partial charge in [-0.25, -0.2) is 8.60 Å². The van der Waals surface area contributed by atoms with Gasteiger partial charge in [0, 0.05) is 11.9 Å². The van der Waals surface area contributed by atoms with E-state index < -0.39 is 46.8 Å². The first-order valence-corrected chi connectivity index (χ1v) is 14.9. The third-order valence-corrected chi connectivity index (χ3v) is 9.42. The van der Waals surface area contributed by atoms with Crippen molar-refractivity contribution in [2.75, 3.05) is 17.5 Å². The molecule has 3 amide bonds. The number of para-hydroxylation sites is 1. The summed E-state index contributed by atoms with van der Waals surface area (Å²) in [4.78, 5) is 39.5. The second kappa shape index (κ2) is 12.2. The molecule has 4 atom stereocenters. The summed E-state index contributed by atoms with van der Waals surface area (Å²) in [7, 11) is -1.47. The molecule has 3 aliphatic rings. The molecule has 5 rings (SSSR count). The van der Waals surface area contributed by atoms with Gasteiger partial charge in [0.25, 0.3) is 5.91 Å². The van der Waals surface area contributed by atoms with E-state index in [1.54, 1.807) is 39.5 Å². The van der Waals surface area contributed by atoms with Crippen molar-refractivity contribution in [3.05, 3.63) is 64.9 Å². The van der Waals surface area contributed by atoms with Crippen molar-refractivity contribution >= 4 is 46.0 Å². The molecule has 2 N–H and O–H groups in total. The number of hydrogen-bond acceptors (Lipinski definition) is 5. The van der Waals surface area contributed by atoms with Crippen LogP contribution in [0.1, 0.15) is 50.6 Å². The lowest BCUT2D eigenvalue weighted by Crippen LogP contribution is -2.58. The molecule has 2 aromatic carbocycles. The Morgan fingerprint density at radius 2 is 1.82 bits per heavy atom. The van der Waals surface area contributed by atoms with E-state index in [-0.39, 0.29) is 42.3 Å². The summed E-state index contributed by atoms with van der Waals surface area (Å²) in [6, 6.07) is 12.5. The van der Waals surface area contributed by atoms with Crippen LogP contribution in [0.2, 0.25) is 5.02 Å². The van der Waals surface area contributed by atoms with Crippen molar-refractivity contribution in [3.8, 4) is 0 Å². The van der Waals surface area contributed by atoms with Crippen molar-refractivity contribution in [1.29, 1.82) is 0 Å². The Morgan fingerprint density at radius 1 is 1.12 bits per heavy atom. The third kappa shape index (κ3) is 6.64. The number of rotatable bonds is 10. The highest BCUT2D eigenvalue weighted by Gasteiger charge is 2.48. The normalized spacial score (nSPS) is 22.4. The van der Waals surface area contributed by atoms with Crippen LogP contribution in [-0.2, 0) is 30.1 Å². The van der Waals surface area contributed by atoms with E-state index in [9.17, 15) is 18.6 Å². The van der Waals surface area contributed by atoms with Crippen LogP contribution in [0.4, 0.5) is 10.1 Å². The molecule has 2 saturated carbocycles. The number of carbonyl (C=O) groups excluding carboxylic acids is 3. The third-order valence-electron chi connectivity index (χ3n) is 7.35. The van der Waals surface area contributed by atoms with Crippen LogP contribution >= 0.6 is 11.6 Å². The predicted octanol–water partition coefficient (Wildman–Crippen LogP) is 3.42. The summed E-state index contributed by atoms with van der Waals surface area (Å²) in [6.45, 7) is 1.56. The number of ether oxygens (including phenoxy) is 1. The Morgan fingerprint density at radius 3 is 2.45 bits per heavy atom. The standard InChI is InChI=1S/C28H32ClFN4O5S/c1-17(35)31-32-27(36)14-26-28(37)34(25(16-39-26)19-8-10-20(29)11-9-19)24(18-6-7-18)15-33(40(38)21-12-13-21)23-5-3-2-4-22(23)30/h2-5,8-11,18,21,24-26H,6-7,12-16H2,1H3,(H,31,35)(H,32,36). The van der Waals surface area contributed by atoms with Gasteiger partial charge in [-0.05, 0) is 61.4 Å². The van der Waals surface area contributed by atoms with Crippen LogP contribution in [0.15, 0.2) is 48.5 Å². The lowest BCUT2D eigenvalue weighted by atomic mass is 9.97. The van der Waals surface area contributed by atoms with Gasteiger partial charge in [0.1, 0.15) is 22.9 Å². The van der Waals surface area contributed by atoms with Gasteiger partial charge in [0.05, 0.1) is 42.6 Å². The Balaban J connectivity index is 1.47. The highest BCUT2D eigenvalue weighted by atomic mass is 35.5. The minimum absolute atomic E-state index is 0.0443. The lowest BCUT2D eigenvalue weighted by Gasteiger charge is -2.45. The Hall–Kier alpha value is -3.02. The number of hydrazine groups is 1. The van der Waals surface area contributed by atoms with E-state index >= 15 is 4.39 Å². The number of nitrogens with one attached hydrogen (secondary N) is 2. The summed E-state index contributed by atoms with van der Waals surface area (Å²) < 4.78 is 36.1. The molecule has 0 spiro atoms. The fourth-order valence-electron chi connectivity index (χ4n) is 5.03. The van der Waals surface area contributed by atoms with Crippen LogP contribution in [0.25, 0.3) is 0 Å². The first kappa shape index (κ1) is 28.5. The SMILES string of the molecule is CC(=O)NNC(=O)CC1OCC(c2ccc(Cl)cc2)N(C(CN(c2ccccc2F)S(=O)C2CC2)C2CC2)C1=O. The van der Waals surface area contributed by atoms with Crippen molar-refractivity contribution in [2.24, 2.45) is 5.92 Å². The zero-order valence-corrected chi connectivity index (χ0v) is 23.6. The highest BCUT2D eigenvalue weighted by molar-refractivity contribution is 7.87. The second-order valence-corrected chi connectivity index (χ2v) is 12.6. The van der Waals surface area contributed by atoms with Crippen molar-refractivity contribution < 1.29 is 27.7 Å². The zero-order valence-electron chi connectivity index (χ0n) is 22.1. The monoisotopic (exact) mass is 590 g/mol. The first-order valence-electron chi connectivity index (χ1n) is 13.4. The highest BCUT2D eigenvalue weighted by Crippen LogP contribution is 2.43. The topological polar surface area (TPSA) is 108 Å². The van der Waals surface area contributed by atoms with Crippen molar-refractivity contribution in [2.45, 2.75) is 62.5 Å². The fraction of sp³-hybridized carbons (Fsp3) is 0.464. The van der Waals surface area contributed by atoms with E-state index in [0.717, 1.165) is 31.2 Å². The molecule has 1 aliphatic heterocycles. The van der Waals surface area contributed by atoms with Crippen molar-refractivity contribution in [3.63, 3.8) is 0 Å². The number of nitrogens with zero attached hydrogens (tertiary/aromatic N) is 2. The summed E-state index contributed by atoms with van der Waals surface area (Å²) in [5.74, 6) is -1.74. The van der Waals surface area contributed by atoms with E-state index in [1.807, 2.05) is 12.1 Å². The van der Waals surface area contributed by atoms with E-state index in [4.69, 9.17) is 16.3 Å². The molecule has 214 valence electrons. The van der Waals surface area contributed by atoms with Gasteiger partial charge < -0.3 is 9.64 Å². The lowest BCUT2D eigenvalue weighted by molar-refractivity contribution is -0.167. The number of benzene rings is 2. The van der Waals surface area contributed by atoms with Crippen molar-refractivity contribution in [1.82, 2.24) is 15.8 Å². The van der Waals surface area contributed by atoms with Gasteiger partial charge in [-0.15, -0.1) is 0 Å². The van der Waals surface area contributed by atoms with E-state index in [0.29, 0.717) is 5.02 Å². The molecule has 0 radical (unpaired) electrons. The number of morpholine rings is 1. The van der Waals surface area contributed by atoms with Crippen LogP contribution in [0.5, 0.6) is 0 Å². The average Bonchev–Trinajstić information content (AvgIpc) is 3.84. The first-order chi connectivity index (χ1) is 19.2. The number of amides is 3. The van der Waals surface area contributed by atoms with Gasteiger partial charge in [0.15, 0.2) is 0 Å². The molecular weight excluding hydrogens is 559 g/mol. The summed E-state index contributed by atoms with van der Waals surface area (Å²) in [5.41, 5.74) is 5.56. The molecule has 0 aromatic heterocycles. The van der Waals surface area contributed by atoms with Crippen LogP contribution in [-0.4, -0.2) is 57.4 Å². The maximum Gasteiger partial charge on any atom is 0.253 e. The molecule has 2 aliphatic carbocycles. The fourth-order valence-corrected chi connectivity index (χ4v) is 6.69. The largest absolute Gasteiger partial charge is 0.365 e.